The number of unbranched alkanes of at least 4 members (excludes halogenated alkanes) is 2. The van der Waals surface area contributed by atoms with Crippen molar-refractivity contribution in [2.75, 3.05) is 6.16 Å². The molecule has 1 aromatic carbocycles. The number of rotatable bonds is 6. The number of hydrogen-bond acceptors (Lipinski definition) is 0. The molecule has 2 heteroatoms. The van der Waals surface area contributed by atoms with Crippen molar-refractivity contribution in [3.63, 3.8) is 0 Å². The first-order valence-electron chi connectivity index (χ1n) is 5.27. The van der Waals surface area contributed by atoms with Crippen LogP contribution in [0.3, 0.4) is 0 Å². The van der Waals surface area contributed by atoms with Crippen molar-refractivity contribution in [3.8, 4) is 0 Å². The van der Waals surface area contributed by atoms with Gasteiger partial charge in [0.2, 0.25) is 0 Å². The highest BCUT2D eigenvalue weighted by molar-refractivity contribution is 8.15. The molecule has 0 fully saturated rings. The Labute approximate surface area is 91.3 Å². The van der Waals surface area contributed by atoms with Crippen LogP contribution in [-0.4, -0.2) is 6.16 Å². The molecule has 0 saturated heterocycles. The molecule has 2 radical (unpaired) electrons. The van der Waals surface area contributed by atoms with Crippen LogP contribution >= 0.6 is 16.5 Å². The lowest BCUT2D eigenvalue weighted by molar-refractivity contribution is 0.778. The molecule has 76 valence electrons. The van der Waals surface area contributed by atoms with Gasteiger partial charge in [0.05, 0.1) is 0 Å². The average molecular weight is 224 g/mol. The summed E-state index contributed by atoms with van der Waals surface area (Å²) in [6.45, 7) is 4.46. The monoisotopic (exact) mass is 224 g/mol. The molecule has 0 N–H and O–H groups in total. The molecule has 0 aliphatic rings. The molecule has 0 bridgehead atoms. The Kier molecular flexibility index (Phi) is 6.41. The molecule has 1 aromatic rings. The predicted molar refractivity (Wildman–Crippen MR) is 69.0 cm³/mol. The van der Waals surface area contributed by atoms with Gasteiger partial charge in [-0.3, -0.25) is 0 Å². The van der Waals surface area contributed by atoms with Gasteiger partial charge < -0.3 is 0 Å². The zero-order valence-electron chi connectivity index (χ0n) is 9.03. The van der Waals surface area contributed by atoms with Crippen LogP contribution in [0, 0.1) is 6.92 Å². The lowest BCUT2D eigenvalue weighted by atomic mass is 10.2. The van der Waals surface area contributed by atoms with Crippen molar-refractivity contribution in [2.24, 2.45) is 0 Å². The SMILES string of the molecule is CCCCC[P][P]c1ccccc1C. The summed E-state index contributed by atoms with van der Waals surface area (Å²) in [7, 11) is 3.04. The highest BCUT2D eigenvalue weighted by atomic mass is 32.0. The fraction of sp³-hybridized carbons (Fsp3) is 0.500. The van der Waals surface area contributed by atoms with Gasteiger partial charge in [-0.2, -0.15) is 0 Å². The van der Waals surface area contributed by atoms with Crippen LogP contribution < -0.4 is 5.30 Å². The summed E-state index contributed by atoms with van der Waals surface area (Å²) in [5.41, 5.74) is 1.43. The first kappa shape index (κ1) is 12.2. The Hall–Kier alpha value is 0.0800. The summed E-state index contributed by atoms with van der Waals surface area (Å²) in [4.78, 5) is 0. The van der Waals surface area contributed by atoms with E-state index >= 15 is 0 Å². The maximum absolute atomic E-state index is 2.26. The van der Waals surface area contributed by atoms with Gasteiger partial charge in [-0.15, -0.1) is 0 Å². The van der Waals surface area contributed by atoms with Crippen molar-refractivity contribution >= 4 is 21.8 Å². The van der Waals surface area contributed by atoms with Gasteiger partial charge in [0.1, 0.15) is 0 Å². The highest BCUT2D eigenvalue weighted by Crippen LogP contribution is 2.37. The lowest BCUT2D eigenvalue weighted by Gasteiger charge is -2.03. The smallest absolute Gasteiger partial charge is 0.0106 e. The van der Waals surface area contributed by atoms with Crippen LogP contribution in [0.1, 0.15) is 31.7 Å². The molecule has 0 aliphatic heterocycles. The zero-order valence-corrected chi connectivity index (χ0v) is 10.8. The van der Waals surface area contributed by atoms with Crippen LogP contribution in [0.15, 0.2) is 24.3 Å². The first-order chi connectivity index (χ1) is 6.84. The van der Waals surface area contributed by atoms with E-state index in [0.717, 1.165) is 0 Å². The molecular weight excluding hydrogens is 206 g/mol. The van der Waals surface area contributed by atoms with E-state index in [1.807, 2.05) is 0 Å². The van der Waals surface area contributed by atoms with Gasteiger partial charge in [0.25, 0.3) is 0 Å². The normalized spacial score (nSPS) is 12.1. The molecule has 0 saturated carbocycles. The Morgan fingerprint density at radius 3 is 2.64 bits per heavy atom. The van der Waals surface area contributed by atoms with Gasteiger partial charge in [-0.25, -0.2) is 0 Å². The second-order valence-electron chi connectivity index (χ2n) is 3.46. The van der Waals surface area contributed by atoms with Gasteiger partial charge in [-0.1, -0.05) is 44.0 Å². The fourth-order valence-electron chi connectivity index (χ4n) is 1.23. The number of benzene rings is 1. The summed E-state index contributed by atoms with van der Waals surface area (Å²) in [6.07, 6.45) is 5.45. The molecule has 0 aliphatic carbocycles. The Balaban J connectivity index is 2.21. The molecule has 0 heterocycles. The lowest BCUT2D eigenvalue weighted by Crippen LogP contribution is -1.96. The third-order valence-corrected chi connectivity index (χ3v) is 5.20. The van der Waals surface area contributed by atoms with Crippen molar-refractivity contribution < 1.29 is 0 Å². The van der Waals surface area contributed by atoms with Crippen LogP contribution in [0.4, 0.5) is 0 Å². The molecule has 0 spiro atoms. The summed E-state index contributed by atoms with van der Waals surface area (Å²) in [5, 5.41) is 1.49. The van der Waals surface area contributed by atoms with Crippen LogP contribution in [-0.2, 0) is 0 Å². The quantitative estimate of drug-likeness (QED) is 0.488. The van der Waals surface area contributed by atoms with E-state index in [-0.39, 0.29) is 0 Å². The topological polar surface area (TPSA) is 0 Å². The Morgan fingerprint density at radius 1 is 1.14 bits per heavy atom. The highest BCUT2D eigenvalue weighted by Gasteiger charge is 1.97. The molecule has 0 aromatic heterocycles. The second kappa shape index (κ2) is 7.38. The van der Waals surface area contributed by atoms with E-state index in [9.17, 15) is 0 Å². The average Bonchev–Trinajstić information content (AvgIpc) is 2.20. The zero-order chi connectivity index (χ0) is 10.2. The minimum absolute atomic E-state index is 1.33. The molecule has 0 nitrogen and oxygen atoms in total. The fourth-order valence-corrected chi connectivity index (χ4v) is 4.09. The molecule has 14 heavy (non-hydrogen) atoms. The molecular formula is C12H18P2. The minimum atomic E-state index is 1.33. The van der Waals surface area contributed by atoms with Crippen LogP contribution in [0.5, 0.6) is 0 Å². The molecule has 0 atom stereocenters. The van der Waals surface area contributed by atoms with Gasteiger partial charge >= 0.3 is 0 Å². The van der Waals surface area contributed by atoms with E-state index in [0.29, 0.717) is 0 Å². The van der Waals surface area contributed by atoms with E-state index in [2.05, 4.69) is 38.1 Å². The van der Waals surface area contributed by atoms with E-state index < -0.39 is 0 Å². The van der Waals surface area contributed by atoms with Crippen molar-refractivity contribution in [3.05, 3.63) is 29.8 Å². The van der Waals surface area contributed by atoms with Crippen molar-refractivity contribution in [1.29, 1.82) is 0 Å². The summed E-state index contributed by atoms with van der Waals surface area (Å²) < 4.78 is 0. The molecule has 0 amide bonds. The Morgan fingerprint density at radius 2 is 1.93 bits per heavy atom. The van der Waals surface area contributed by atoms with E-state index in [1.54, 1.807) is 8.27 Å². The molecule has 1 rings (SSSR count). The third-order valence-electron chi connectivity index (χ3n) is 2.16. The summed E-state index contributed by atoms with van der Waals surface area (Å²) in [5.74, 6) is 0. The maximum atomic E-state index is 2.26. The minimum Gasteiger partial charge on any atom is -0.0654 e. The van der Waals surface area contributed by atoms with Gasteiger partial charge in [0.15, 0.2) is 0 Å². The van der Waals surface area contributed by atoms with E-state index in [4.69, 9.17) is 0 Å². The van der Waals surface area contributed by atoms with E-state index in [1.165, 1.54) is 44.6 Å². The van der Waals surface area contributed by atoms with Crippen LogP contribution in [0.25, 0.3) is 0 Å². The van der Waals surface area contributed by atoms with Gasteiger partial charge in [-0.05, 0) is 46.9 Å². The largest absolute Gasteiger partial charge is 0.0654 e. The molecule has 0 unspecified atom stereocenters. The van der Waals surface area contributed by atoms with Crippen LogP contribution in [0.2, 0.25) is 0 Å². The predicted octanol–water partition coefficient (Wildman–Crippen LogP) is 4.62. The summed E-state index contributed by atoms with van der Waals surface area (Å²) in [6, 6.07) is 8.69. The summed E-state index contributed by atoms with van der Waals surface area (Å²) >= 11 is 0. The van der Waals surface area contributed by atoms with Gasteiger partial charge in [0, 0.05) is 0 Å². The number of hydrogen-bond donors (Lipinski definition) is 0. The standard InChI is InChI=1S/C12H18P2/c1-3-4-7-10-13-14-12-9-6-5-8-11(12)2/h5-6,8-9H,3-4,7,10H2,1-2H3. The number of aryl methyl sites for hydroxylation is 1. The van der Waals surface area contributed by atoms with Crippen molar-refractivity contribution in [2.45, 2.75) is 33.1 Å². The Bertz CT molecular complexity index is 258. The second-order valence-corrected chi connectivity index (χ2v) is 6.32. The first-order valence-corrected chi connectivity index (χ1v) is 7.95. The third kappa shape index (κ3) is 4.54. The maximum Gasteiger partial charge on any atom is -0.0106 e. The van der Waals surface area contributed by atoms with Crippen molar-refractivity contribution in [1.82, 2.24) is 0 Å².